The molecule has 0 unspecified atom stereocenters. The minimum atomic E-state index is -0.383. The van der Waals surface area contributed by atoms with Gasteiger partial charge in [-0.15, -0.1) is 0 Å². The van der Waals surface area contributed by atoms with E-state index in [-0.39, 0.29) is 29.1 Å². The lowest BCUT2D eigenvalue weighted by molar-refractivity contribution is -0.118. The number of nitrogens with one attached hydrogen (secondary N) is 1. The molecule has 0 bridgehead atoms. The van der Waals surface area contributed by atoms with E-state index in [0.717, 1.165) is 5.56 Å². The average Bonchev–Trinajstić information content (AvgIpc) is 2.82. The molecule has 1 amide bonds. The van der Waals surface area contributed by atoms with Gasteiger partial charge >= 0.3 is 0 Å². The van der Waals surface area contributed by atoms with E-state index in [4.69, 9.17) is 37.1 Å². The van der Waals surface area contributed by atoms with Gasteiger partial charge in [0.1, 0.15) is 23.3 Å². The molecule has 1 aromatic heterocycles. The minimum absolute atomic E-state index is 0.0184. The van der Waals surface area contributed by atoms with Gasteiger partial charge in [0.15, 0.2) is 6.61 Å². The Morgan fingerprint density at radius 1 is 0.943 bits per heavy atom. The molecule has 0 fully saturated rings. The minimum Gasteiger partial charge on any atom is -0.484 e. The molecule has 8 heteroatoms. The largest absolute Gasteiger partial charge is 0.484 e. The number of amides is 1. The molecule has 0 aliphatic heterocycles. The summed E-state index contributed by atoms with van der Waals surface area (Å²) in [5.41, 5.74) is 1.68. The van der Waals surface area contributed by atoms with Gasteiger partial charge < -0.3 is 19.2 Å². The maximum Gasteiger partial charge on any atom is 0.262 e. The first kappa shape index (κ1) is 24.6. The lowest BCUT2D eigenvalue weighted by Gasteiger charge is -2.19. The summed E-state index contributed by atoms with van der Waals surface area (Å²) < 4.78 is 16.9. The first-order valence-corrected chi connectivity index (χ1v) is 11.6. The van der Waals surface area contributed by atoms with E-state index in [1.807, 2.05) is 24.3 Å². The highest BCUT2D eigenvalue weighted by atomic mass is 35.5. The number of rotatable bonds is 6. The smallest absolute Gasteiger partial charge is 0.262 e. The van der Waals surface area contributed by atoms with Crippen LogP contribution >= 0.6 is 23.2 Å². The van der Waals surface area contributed by atoms with Gasteiger partial charge in [0.25, 0.3) is 5.91 Å². The zero-order chi connectivity index (χ0) is 25.2. The Morgan fingerprint density at radius 3 is 2.34 bits per heavy atom. The quantitative estimate of drug-likeness (QED) is 0.296. The number of ether oxygens (including phenoxy) is 2. The van der Waals surface area contributed by atoms with Gasteiger partial charge in [-0.1, -0.05) is 56.1 Å². The molecule has 35 heavy (non-hydrogen) atoms. The van der Waals surface area contributed by atoms with E-state index in [9.17, 15) is 9.59 Å². The Balaban J connectivity index is 1.43. The Hall–Kier alpha value is -3.48. The number of halogens is 2. The van der Waals surface area contributed by atoms with Gasteiger partial charge in [0.05, 0.1) is 15.4 Å². The summed E-state index contributed by atoms with van der Waals surface area (Å²) in [6.07, 6.45) is 1.27. The number of carbonyl (C=O) groups is 1. The third-order valence-corrected chi connectivity index (χ3v) is 5.97. The van der Waals surface area contributed by atoms with E-state index in [2.05, 4.69) is 26.1 Å². The molecular weight excluding hydrogens is 489 g/mol. The molecule has 3 aromatic carbocycles. The van der Waals surface area contributed by atoms with Crippen LogP contribution in [0.4, 0.5) is 5.69 Å². The molecule has 0 saturated heterocycles. The highest BCUT2D eigenvalue weighted by molar-refractivity contribution is 6.42. The highest BCUT2D eigenvalue weighted by Gasteiger charge is 2.15. The van der Waals surface area contributed by atoms with Crippen LogP contribution in [-0.4, -0.2) is 12.5 Å². The summed E-state index contributed by atoms with van der Waals surface area (Å²) in [6.45, 7) is 6.13. The van der Waals surface area contributed by atoms with E-state index in [0.29, 0.717) is 38.2 Å². The van der Waals surface area contributed by atoms with E-state index < -0.39 is 0 Å². The van der Waals surface area contributed by atoms with Crippen molar-refractivity contribution in [3.8, 4) is 17.2 Å². The van der Waals surface area contributed by atoms with Crippen molar-refractivity contribution in [1.82, 2.24) is 0 Å². The first-order valence-electron chi connectivity index (χ1n) is 10.8. The molecule has 6 nitrogen and oxygen atoms in total. The third kappa shape index (κ3) is 5.96. The molecule has 1 heterocycles. The van der Waals surface area contributed by atoms with Crippen LogP contribution in [0.25, 0.3) is 11.0 Å². The van der Waals surface area contributed by atoms with Gasteiger partial charge in [0.2, 0.25) is 11.2 Å². The van der Waals surface area contributed by atoms with Crippen molar-refractivity contribution in [2.24, 2.45) is 0 Å². The lowest BCUT2D eigenvalue weighted by Crippen LogP contribution is -2.20. The van der Waals surface area contributed by atoms with Gasteiger partial charge in [-0.3, -0.25) is 9.59 Å². The fourth-order valence-corrected chi connectivity index (χ4v) is 3.62. The molecular formula is C27H23Cl2NO5. The third-order valence-electron chi connectivity index (χ3n) is 5.24. The number of hydrogen-bond acceptors (Lipinski definition) is 5. The summed E-state index contributed by atoms with van der Waals surface area (Å²) in [6, 6.07) is 17.1. The Morgan fingerprint density at radius 2 is 1.66 bits per heavy atom. The average molecular weight is 512 g/mol. The fourth-order valence-electron chi connectivity index (χ4n) is 3.32. The maximum atomic E-state index is 12.9. The first-order chi connectivity index (χ1) is 16.6. The summed E-state index contributed by atoms with van der Waals surface area (Å²) in [5.74, 6) is 0.607. The van der Waals surface area contributed by atoms with Crippen molar-refractivity contribution in [2.75, 3.05) is 11.9 Å². The van der Waals surface area contributed by atoms with E-state index >= 15 is 0 Å². The molecule has 0 aliphatic rings. The fraction of sp³-hybridized carbons (Fsp3) is 0.185. The van der Waals surface area contributed by atoms with Crippen molar-refractivity contribution >= 4 is 45.8 Å². The van der Waals surface area contributed by atoms with Crippen LogP contribution < -0.4 is 20.2 Å². The molecule has 0 saturated carbocycles. The van der Waals surface area contributed by atoms with Crippen molar-refractivity contribution < 1.29 is 18.7 Å². The normalized spacial score (nSPS) is 11.3. The second-order valence-corrected chi connectivity index (χ2v) is 9.74. The van der Waals surface area contributed by atoms with E-state index in [1.165, 1.54) is 6.26 Å². The second-order valence-electron chi connectivity index (χ2n) is 8.93. The number of hydrogen-bond donors (Lipinski definition) is 1. The summed E-state index contributed by atoms with van der Waals surface area (Å²) >= 11 is 11.8. The molecule has 1 N–H and O–H groups in total. The summed E-state index contributed by atoms with van der Waals surface area (Å²) in [7, 11) is 0. The van der Waals surface area contributed by atoms with Crippen molar-refractivity contribution in [1.29, 1.82) is 0 Å². The lowest BCUT2D eigenvalue weighted by atomic mass is 9.87. The Labute approximate surface area is 212 Å². The zero-order valence-corrected chi connectivity index (χ0v) is 20.9. The highest BCUT2D eigenvalue weighted by Crippen LogP contribution is 2.28. The molecule has 4 rings (SSSR count). The van der Waals surface area contributed by atoms with Crippen molar-refractivity contribution in [3.63, 3.8) is 0 Å². The predicted octanol–water partition coefficient (Wildman–Crippen LogP) is 7.21. The summed E-state index contributed by atoms with van der Waals surface area (Å²) in [5, 5.41) is 3.73. The van der Waals surface area contributed by atoms with Crippen LogP contribution in [0.15, 0.2) is 76.1 Å². The van der Waals surface area contributed by atoms with Crippen LogP contribution in [0.2, 0.25) is 10.0 Å². The maximum absolute atomic E-state index is 12.9. The molecule has 4 aromatic rings. The summed E-state index contributed by atoms with van der Waals surface area (Å²) in [4.78, 5) is 25.1. The Kier molecular flexibility index (Phi) is 7.05. The monoisotopic (exact) mass is 511 g/mol. The molecule has 180 valence electrons. The van der Waals surface area contributed by atoms with Gasteiger partial charge in [-0.05, 0) is 53.4 Å². The number of fused-ring (bicyclic) bond motifs is 1. The second kappa shape index (κ2) is 10.0. The van der Waals surface area contributed by atoms with Gasteiger partial charge in [-0.25, -0.2) is 0 Å². The Bertz CT molecular complexity index is 1440. The standard InChI is InChI=1S/C27H23Cl2NO5/c1-27(2,3)16-4-7-18(8-5-16)35-24-14-34-23-13-19(9-10-20(23)26(24)32)33-15-25(31)30-17-6-11-21(28)22(29)12-17/h4-14H,15H2,1-3H3,(H,30,31). The predicted molar refractivity (Wildman–Crippen MR) is 138 cm³/mol. The van der Waals surface area contributed by atoms with Crippen LogP contribution in [0, 0.1) is 0 Å². The van der Waals surface area contributed by atoms with Crippen LogP contribution in [0.3, 0.4) is 0 Å². The topological polar surface area (TPSA) is 77.8 Å². The SMILES string of the molecule is CC(C)(C)c1ccc(Oc2coc3cc(OCC(=O)Nc4ccc(Cl)c(Cl)c4)ccc3c2=O)cc1. The molecule has 0 aliphatic carbocycles. The van der Waals surface area contributed by atoms with Crippen LogP contribution in [-0.2, 0) is 10.2 Å². The van der Waals surface area contributed by atoms with Gasteiger partial charge in [-0.2, -0.15) is 0 Å². The van der Waals surface area contributed by atoms with Crippen LogP contribution in [0.1, 0.15) is 26.3 Å². The molecule has 0 spiro atoms. The zero-order valence-electron chi connectivity index (χ0n) is 19.4. The van der Waals surface area contributed by atoms with Gasteiger partial charge in [0, 0.05) is 11.8 Å². The molecule has 0 radical (unpaired) electrons. The van der Waals surface area contributed by atoms with Crippen LogP contribution in [0.5, 0.6) is 17.2 Å². The van der Waals surface area contributed by atoms with Crippen molar-refractivity contribution in [2.45, 2.75) is 26.2 Å². The number of carbonyl (C=O) groups excluding carboxylic acids is 1. The number of benzene rings is 3. The van der Waals surface area contributed by atoms with E-state index in [1.54, 1.807) is 36.4 Å². The molecule has 0 atom stereocenters. The van der Waals surface area contributed by atoms with Crippen molar-refractivity contribution in [3.05, 3.63) is 92.8 Å². The number of anilines is 1.